The van der Waals surface area contributed by atoms with Crippen LogP contribution in [0.5, 0.6) is 0 Å². The summed E-state index contributed by atoms with van der Waals surface area (Å²) in [5, 5.41) is 17.8. The minimum Gasteiger partial charge on any atom is -0.481 e. The molecule has 0 aliphatic carbocycles. The van der Waals surface area contributed by atoms with Crippen LogP contribution in [-0.4, -0.2) is 45.2 Å². The number of rotatable bonds is 3. The van der Waals surface area contributed by atoms with Gasteiger partial charge < -0.3 is 15.1 Å². The number of aromatic carboxylic acids is 1. The van der Waals surface area contributed by atoms with Crippen molar-refractivity contribution >= 4 is 17.8 Å². The van der Waals surface area contributed by atoms with E-state index in [9.17, 15) is 9.59 Å². The van der Waals surface area contributed by atoms with Crippen LogP contribution < -0.4 is 4.90 Å². The van der Waals surface area contributed by atoms with E-state index in [1.165, 1.54) is 12.4 Å². The van der Waals surface area contributed by atoms with Gasteiger partial charge in [-0.2, -0.15) is 0 Å². The molecule has 1 saturated heterocycles. The number of nitrogens with zero attached hydrogens (tertiary/aromatic N) is 3. The number of piperidine rings is 1. The smallest absolute Gasteiger partial charge is 0.356 e. The lowest BCUT2D eigenvalue weighted by Gasteiger charge is -2.35. The van der Waals surface area contributed by atoms with E-state index in [1.807, 2.05) is 11.8 Å². The molecule has 2 atom stereocenters. The second-order valence-corrected chi connectivity index (χ2v) is 4.85. The summed E-state index contributed by atoms with van der Waals surface area (Å²) < 4.78 is 0. The van der Waals surface area contributed by atoms with E-state index in [0.29, 0.717) is 25.3 Å². The number of hydrogen-bond donors (Lipinski definition) is 2. The van der Waals surface area contributed by atoms with Gasteiger partial charge in [0.2, 0.25) is 0 Å². The predicted octanol–water partition coefficient (Wildman–Crippen LogP) is 0.722. The van der Waals surface area contributed by atoms with Gasteiger partial charge in [-0.1, -0.05) is 6.92 Å². The van der Waals surface area contributed by atoms with Crippen molar-refractivity contribution in [2.75, 3.05) is 18.0 Å². The average molecular weight is 265 g/mol. The van der Waals surface area contributed by atoms with Crippen LogP contribution in [-0.2, 0) is 4.79 Å². The van der Waals surface area contributed by atoms with E-state index in [-0.39, 0.29) is 11.6 Å². The fraction of sp³-hybridized carbons (Fsp3) is 0.500. The third-order valence-corrected chi connectivity index (χ3v) is 3.19. The summed E-state index contributed by atoms with van der Waals surface area (Å²) >= 11 is 0. The highest BCUT2D eigenvalue weighted by Gasteiger charge is 2.30. The Balaban J connectivity index is 2.16. The summed E-state index contributed by atoms with van der Waals surface area (Å²) in [6.07, 6.45) is 3.21. The molecule has 1 aliphatic rings. The van der Waals surface area contributed by atoms with Crippen molar-refractivity contribution in [3.05, 3.63) is 18.1 Å². The van der Waals surface area contributed by atoms with Crippen molar-refractivity contribution in [3.8, 4) is 0 Å². The van der Waals surface area contributed by atoms with Crippen LogP contribution in [0.4, 0.5) is 5.82 Å². The Bertz CT molecular complexity index is 488. The molecule has 0 saturated carbocycles. The lowest BCUT2D eigenvalue weighted by Crippen LogP contribution is -2.43. The minimum absolute atomic E-state index is 0.122. The first-order valence-corrected chi connectivity index (χ1v) is 6.00. The van der Waals surface area contributed by atoms with Gasteiger partial charge in [-0.15, -0.1) is 0 Å². The van der Waals surface area contributed by atoms with Crippen molar-refractivity contribution in [2.24, 2.45) is 11.8 Å². The maximum absolute atomic E-state index is 11.1. The van der Waals surface area contributed by atoms with E-state index in [2.05, 4.69) is 9.97 Å². The van der Waals surface area contributed by atoms with Crippen LogP contribution in [0.25, 0.3) is 0 Å². The quantitative estimate of drug-likeness (QED) is 0.829. The standard InChI is InChI=1S/C12H15N3O4/c1-7-2-8(11(16)17)6-15(5-7)10-4-13-9(3-14-10)12(18)19/h3-4,7-8H,2,5-6H2,1H3,(H,16,17)(H,18,19). The van der Waals surface area contributed by atoms with Crippen LogP contribution in [0.2, 0.25) is 0 Å². The second-order valence-electron chi connectivity index (χ2n) is 4.85. The molecule has 0 spiro atoms. The number of carbonyl (C=O) groups is 2. The zero-order valence-corrected chi connectivity index (χ0v) is 10.5. The first-order valence-electron chi connectivity index (χ1n) is 6.00. The molecule has 7 heteroatoms. The Morgan fingerprint density at radius 1 is 1.26 bits per heavy atom. The predicted molar refractivity (Wildman–Crippen MR) is 66.1 cm³/mol. The van der Waals surface area contributed by atoms with E-state index in [0.717, 1.165) is 0 Å². The molecule has 0 aromatic carbocycles. The molecule has 1 aliphatic heterocycles. The van der Waals surface area contributed by atoms with E-state index < -0.39 is 17.9 Å². The molecule has 19 heavy (non-hydrogen) atoms. The molecule has 0 radical (unpaired) electrons. The fourth-order valence-electron chi connectivity index (χ4n) is 2.31. The van der Waals surface area contributed by atoms with E-state index in [1.54, 1.807) is 0 Å². The van der Waals surface area contributed by atoms with Crippen molar-refractivity contribution in [3.63, 3.8) is 0 Å². The fourth-order valence-corrected chi connectivity index (χ4v) is 2.31. The maximum Gasteiger partial charge on any atom is 0.356 e. The van der Waals surface area contributed by atoms with Gasteiger partial charge in [0, 0.05) is 13.1 Å². The third kappa shape index (κ3) is 2.98. The van der Waals surface area contributed by atoms with Crippen molar-refractivity contribution < 1.29 is 19.8 Å². The van der Waals surface area contributed by atoms with Crippen LogP contribution >= 0.6 is 0 Å². The van der Waals surface area contributed by atoms with Gasteiger partial charge in [0.1, 0.15) is 5.82 Å². The van der Waals surface area contributed by atoms with Crippen molar-refractivity contribution in [1.29, 1.82) is 0 Å². The van der Waals surface area contributed by atoms with Gasteiger partial charge in [0.25, 0.3) is 0 Å². The topological polar surface area (TPSA) is 104 Å². The summed E-state index contributed by atoms with van der Waals surface area (Å²) in [6.45, 7) is 3.06. The highest BCUT2D eigenvalue weighted by molar-refractivity contribution is 5.84. The largest absolute Gasteiger partial charge is 0.481 e. The molecule has 0 bridgehead atoms. The number of carboxylic acids is 2. The molecule has 102 valence electrons. The molecule has 2 N–H and O–H groups in total. The number of aliphatic carboxylic acids is 1. The van der Waals surface area contributed by atoms with Gasteiger partial charge >= 0.3 is 11.9 Å². The third-order valence-electron chi connectivity index (χ3n) is 3.19. The van der Waals surface area contributed by atoms with E-state index >= 15 is 0 Å². The number of hydrogen-bond acceptors (Lipinski definition) is 5. The van der Waals surface area contributed by atoms with E-state index in [4.69, 9.17) is 10.2 Å². The molecule has 1 fully saturated rings. The van der Waals surface area contributed by atoms with Crippen LogP contribution in [0.3, 0.4) is 0 Å². The SMILES string of the molecule is CC1CC(C(=O)O)CN(c2cnc(C(=O)O)cn2)C1. The molecule has 7 nitrogen and oxygen atoms in total. The summed E-state index contributed by atoms with van der Waals surface area (Å²) in [6, 6.07) is 0. The Kier molecular flexibility index (Phi) is 3.64. The second kappa shape index (κ2) is 5.21. The summed E-state index contributed by atoms with van der Waals surface area (Å²) in [4.78, 5) is 31.4. The first kappa shape index (κ1) is 13.3. The molecule has 2 rings (SSSR count). The molecular weight excluding hydrogens is 250 g/mol. The first-order chi connectivity index (χ1) is 8.97. The van der Waals surface area contributed by atoms with Crippen LogP contribution in [0, 0.1) is 11.8 Å². The monoisotopic (exact) mass is 265 g/mol. The minimum atomic E-state index is -1.13. The lowest BCUT2D eigenvalue weighted by molar-refractivity contribution is -0.142. The Labute approximate surface area is 109 Å². The zero-order valence-electron chi connectivity index (χ0n) is 10.5. The molecule has 1 aromatic rings. The Morgan fingerprint density at radius 3 is 2.53 bits per heavy atom. The zero-order chi connectivity index (χ0) is 14.0. The highest BCUT2D eigenvalue weighted by Crippen LogP contribution is 2.25. The molecular formula is C12H15N3O4. The van der Waals surface area contributed by atoms with Crippen LogP contribution in [0.15, 0.2) is 12.4 Å². The van der Waals surface area contributed by atoms with Crippen LogP contribution in [0.1, 0.15) is 23.8 Å². The van der Waals surface area contributed by atoms with Gasteiger partial charge in [-0.3, -0.25) is 4.79 Å². The summed E-state index contributed by atoms with van der Waals surface area (Å²) in [7, 11) is 0. The molecule has 2 unspecified atom stereocenters. The number of anilines is 1. The van der Waals surface area contributed by atoms with Crippen molar-refractivity contribution in [2.45, 2.75) is 13.3 Å². The van der Waals surface area contributed by atoms with Crippen molar-refractivity contribution in [1.82, 2.24) is 9.97 Å². The maximum atomic E-state index is 11.1. The number of carboxylic acid groups (broad SMARTS) is 2. The summed E-state index contributed by atoms with van der Waals surface area (Å²) in [5.74, 6) is -1.61. The lowest BCUT2D eigenvalue weighted by atomic mass is 9.90. The van der Waals surface area contributed by atoms with Gasteiger partial charge in [0.05, 0.1) is 18.3 Å². The van der Waals surface area contributed by atoms with Gasteiger partial charge in [0.15, 0.2) is 5.69 Å². The normalized spacial score (nSPS) is 23.1. The van der Waals surface area contributed by atoms with Gasteiger partial charge in [-0.25, -0.2) is 14.8 Å². The Hall–Kier alpha value is -2.18. The molecule has 0 amide bonds. The van der Waals surface area contributed by atoms with Gasteiger partial charge in [-0.05, 0) is 12.3 Å². The average Bonchev–Trinajstić information content (AvgIpc) is 2.38. The number of aromatic nitrogens is 2. The highest BCUT2D eigenvalue weighted by atomic mass is 16.4. The molecule has 1 aromatic heterocycles. The molecule has 2 heterocycles. The Morgan fingerprint density at radius 2 is 2.00 bits per heavy atom. The summed E-state index contributed by atoms with van der Waals surface area (Å²) in [5.41, 5.74) is -0.122.